The summed E-state index contributed by atoms with van der Waals surface area (Å²) in [5.41, 5.74) is 6.89. The summed E-state index contributed by atoms with van der Waals surface area (Å²) < 4.78 is 11.3. The van der Waals surface area contributed by atoms with Crippen LogP contribution in [0.25, 0.3) is 22.2 Å². The number of halogens is 1. The van der Waals surface area contributed by atoms with Gasteiger partial charge in [0, 0.05) is 28.1 Å². The van der Waals surface area contributed by atoms with Crippen LogP contribution in [0.4, 0.5) is 5.69 Å². The Balaban J connectivity index is 1.43. The van der Waals surface area contributed by atoms with Crippen LogP contribution >= 0.6 is 11.6 Å². The summed E-state index contributed by atoms with van der Waals surface area (Å²) in [7, 11) is -1.10. The summed E-state index contributed by atoms with van der Waals surface area (Å²) in [6.45, 7) is 5.89. The zero-order chi connectivity index (χ0) is 25.8. The minimum absolute atomic E-state index is 0.0380. The van der Waals surface area contributed by atoms with E-state index in [0.29, 0.717) is 38.8 Å². The Labute approximate surface area is 219 Å². The lowest BCUT2D eigenvalue weighted by Gasteiger charge is -2.21. The van der Waals surface area contributed by atoms with Crippen LogP contribution < -0.4 is 16.2 Å². The lowest BCUT2D eigenvalue weighted by Crippen LogP contribution is -2.37. The van der Waals surface area contributed by atoms with Gasteiger partial charge in [-0.25, -0.2) is 4.98 Å². The Morgan fingerprint density at radius 3 is 2.76 bits per heavy atom. The largest absolute Gasteiger partial charge is 0.583 e. The molecule has 2 aromatic heterocycles. The van der Waals surface area contributed by atoms with Crippen molar-refractivity contribution in [1.82, 2.24) is 4.98 Å². The lowest BCUT2D eigenvalue weighted by molar-refractivity contribution is 0.286. The maximum absolute atomic E-state index is 13.2. The zero-order valence-electron chi connectivity index (χ0n) is 20.7. The maximum atomic E-state index is 13.2. The van der Waals surface area contributed by atoms with Gasteiger partial charge in [-0.15, -0.1) is 5.16 Å². The average Bonchev–Trinajstić information content (AvgIpc) is 3.72. The monoisotopic (exact) mass is 513 g/mol. The van der Waals surface area contributed by atoms with Crippen molar-refractivity contribution in [3.8, 4) is 11.3 Å². The smallest absolute Gasteiger partial charge is 0.460 e. The fourth-order valence-corrected chi connectivity index (χ4v) is 5.13. The summed E-state index contributed by atoms with van der Waals surface area (Å²) in [5, 5.41) is 18.4. The molecule has 1 atom stereocenters. The first-order valence-electron chi connectivity index (χ1n) is 12.3. The predicted molar refractivity (Wildman–Crippen MR) is 147 cm³/mol. The zero-order valence-corrected chi connectivity index (χ0v) is 21.5. The Kier molecular flexibility index (Phi) is 5.81. The van der Waals surface area contributed by atoms with Gasteiger partial charge in [0.2, 0.25) is 0 Å². The van der Waals surface area contributed by atoms with Gasteiger partial charge >= 0.3 is 7.12 Å². The molecule has 9 heteroatoms. The van der Waals surface area contributed by atoms with Crippen molar-refractivity contribution >= 4 is 47.1 Å². The molecule has 0 amide bonds. The molecule has 1 fully saturated rings. The van der Waals surface area contributed by atoms with Crippen LogP contribution in [0.1, 0.15) is 59.7 Å². The average molecular weight is 514 g/mol. The lowest BCUT2D eigenvalue weighted by atomic mass is 9.75. The van der Waals surface area contributed by atoms with Crippen LogP contribution in [0.5, 0.6) is 0 Å². The highest BCUT2D eigenvalue weighted by atomic mass is 35.5. The van der Waals surface area contributed by atoms with Crippen molar-refractivity contribution in [3.05, 3.63) is 85.9 Å². The molecule has 0 radical (unpaired) electrons. The number of hydrogen-bond donors (Lipinski definition) is 2. The first kappa shape index (κ1) is 23.8. The molecular formula is C28H25BClN3O4. The van der Waals surface area contributed by atoms with E-state index in [-0.39, 0.29) is 11.5 Å². The van der Waals surface area contributed by atoms with E-state index in [1.54, 1.807) is 18.3 Å². The number of oxime groups is 1. The summed E-state index contributed by atoms with van der Waals surface area (Å²) >= 11 is 6.30. The van der Waals surface area contributed by atoms with Crippen molar-refractivity contribution in [2.45, 2.75) is 45.6 Å². The molecule has 186 valence electrons. The molecule has 0 spiro atoms. The van der Waals surface area contributed by atoms with Gasteiger partial charge in [0.1, 0.15) is 16.5 Å². The van der Waals surface area contributed by atoms with Gasteiger partial charge in [0.25, 0.3) is 0 Å². The molecule has 3 heterocycles. The van der Waals surface area contributed by atoms with Gasteiger partial charge in [0.15, 0.2) is 5.43 Å². The quantitative estimate of drug-likeness (QED) is 0.280. The minimum Gasteiger partial charge on any atom is -0.460 e. The summed E-state index contributed by atoms with van der Waals surface area (Å²) in [5.74, 6) is 1.14. The highest BCUT2D eigenvalue weighted by Gasteiger charge is 2.30. The predicted octanol–water partition coefficient (Wildman–Crippen LogP) is 5.23. The van der Waals surface area contributed by atoms with E-state index < -0.39 is 7.12 Å². The number of aromatic nitrogens is 1. The van der Waals surface area contributed by atoms with Gasteiger partial charge in [-0.2, -0.15) is 0 Å². The first-order valence-corrected chi connectivity index (χ1v) is 12.7. The van der Waals surface area contributed by atoms with Gasteiger partial charge in [-0.3, -0.25) is 4.79 Å². The molecule has 1 unspecified atom stereocenters. The number of benzene rings is 2. The molecule has 0 bridgehead atoms. The number of fused-ring (bicyclic) bond motifs is 2. The van der Waals surface area contributed by atoms with Crippen molar-refractivity contribution in [3.63, 3.8) is 0 Å². The van der Waals surface area contributed by atoms with Gasteiger partial charge < -0.3 is 19.5 Å². The summed E-state index contributed by atoms with van der Waals surface area (Å²) in [6.07, 6.45) is 3.67. The topological polar surface area (TPSA) is 97.0 Å². The summed E-state index contributed by atoms with van der Waals surface area (Å²) in [6, 6.07) is 13.0. The Morgan fingerprint density at radius 1 is 1.16 bits per heavy atom. The number of hydrogen-bond acceptors (Lipinski definition) is 7. The van der Waals surface area contributed by atoms with Gasteiger partial charge in [-0.1, -0.05) is 29.8 Å². The van der Waals surface area contributed by atoms with E-state index in [0.717, 1.165) is 46.5 Å². The first-order chi connectivity index (χ1) is 17.8. The van der Waals surface area contributed by atoms with Crippen LogP contribution in [0.3, 0.4) is 0 Å². The van der Waals surface area contributed by atoms with Crippen molar-refractivity contribution in [2.75, 3.05) is 5.32 Å². The van der Waals surface area contributed by atoms with Gasteiger partial charge in [0.05, 0.1) is 29.0 Å². The fourth-order valence-electron chi connectivity index (χ4n) is 4.98. The summed E-state index contributed by atoms with van der Waals surface area (Å²) in [4.78, 5) is 17.8. The third kappa shape index (κ3) is 4.30. The second kappa shape index (κ2) is 9.05. The standard InChI is InChI=1S/C28H25BClN3O4/c1-14-10-20(28-21(11-14)26(34)15(2)27(36-28)17-4-5-17)16(3)32-23-8-9-24(30)33-25(23)18-6-7-22-19(12-18)13-31-37-29(22)35/h6-13,16-17,32,35H,4-5H2,1-3H3. The second-order valence-corrected chi connectivity index (χ2v) is 10.2. The normalized spacial score (nSPS) is 15.4. The van der Waals surface area contributed by atoms with Crippen molar-refractivity contribution in [2.24, 2.45) is 5.16 Å². The van der Waals surface area contributed by atoms with Crippen molar-refractivity contribution in [1.29, 1.82) is 0 Å². The SMILES string of the molecule is Cc1cc(C(C)Nc2ccc(Cl)nc2-c2ccc3c(c2)C=NOB3O)c2oc(C3CC3)c(C)c(=O)c2c1. The molecule has 4 aromatic rings. The van der Waals surface area contributed by atoms with Crippen LogP contribution in [-0.4, -0.2) is 23.3 Å². The number of pyridine rings is 1. The van der Waals surface area contributed by atoms with Crippen LogP contribution in [0.2, 0.25) is 5.15 Å². The van der Waals surface area contributed by atoms with E-state index in [1.807, 2.05) is 45.0 Å². The molecule has 2 aliphatic rings. The molecule has 1 aliphatic carbocycles. The van der Waals surface area contributed by atoms with E-state index in [2.05, 4.69) is 21.5 Å². The van der Waals surface area contributed by atoms with Crippen LogP contribution in [-0.2, 0) is 4.76 Å². The highest BCUT2D eigenvalue weighted by Crippen LogP contribution is 2.42. The highest BCUT2D eigenvalue weighted by molar-refractivity contribution is 6.62. The molecule has 2 N–H and O–H groups in total. The van der Waals surface area contributed by atoms with E-state index in [1.165, 1.54) is 0 Å². The molecule has 6 rings (SSSR count). The number of aryl methyl sites for hydroxylation is 1. The van der Waals surface area contributed by atoms with E-state index >= 15 is 0 Å². The third-order valence-corrected chi connectivity index (χ3v) is 7.27. The second-order valence-electron chi connectivity index (χ2n) is 9.86. The third-order valence-electron chi connectivity index (χ3n) is 7.06. The van der Waals surface area contributed by atoms with Crippen molar-refractivity contribution < 1.29 is 14.2 Å². The maximum Gasteiger partial charge on any atom is 0.583 e. The Morgan fingerprint density at radius 2 is 1.97 bits per heavy atom. The number of nitrogens with one attached hydrogen (secondary N) is 1. The van der Waals surface area contributed by atoms with E-state index in [9.17, 15) is 9.82 Å². The number of nitrogens with zero attached hydrogens (tertiary/aromatic N) is 2. The number of anilines is 1. The Bertz CT molecular complexity index is 1650. The molecule has 0 saturated heterocycles. The number of rotatable bonds is 5. The molecule has 7 nitrogen and oxygen atoms in total. The minimum atomic E-state index is -1.10. The molecule has 37 heavy (non-hydrogen) atoms. The Hall–Kier alpha value is -3.62. The van der Waals surface area contributed by atoms with Gasteiger partial charge in [-0.05, 0) is 69.0 Å². The van der Waals surface area contributed by atoms with E-state index in [4.69, 9.17) is 20.8 Å². The van der Waals surface area contributed by atoms with Crippen LogP contribution in [0.15, 0.2) is 56.8 Å². The molecule has 1 aliphatic heterocycles. The molecule has 1 saturated carbocycles. The fraction of sp³-hybridized carbons (Fsp3) is 0.250. The molecular weight excluding hydrogens is 489 g/mol. The molecule has 2 aromatic carbocycles. The van der Waals surface area contributed by atoms with Crippen LogP contribution in [0, 0.1) is 13.8 Å².